The van der Waals surface area contributed by atoms with E-state index >= 15 is 0 Å². The zero-order chi connectivity index (χ0) is 16.1. The van der Waals surface area contributed by atoms with Crippen LogP contribution in [0.15, 0.2) is 24.3 Å². The van der Waals surface area contributed by atoms with Crippen molar-refractivity contribution in [2.75, 3.05) is 27.3 Å². The third-order valence-electron chi connectivity index (χ3n) is 3.74. The summed E-state index contributed by atoms with van der Waals surface area (Å²) in [4.78, 5) is 36.8. The summed E-state index contributed by atoms with van der Waals surface area (Å²) in [7, 11) is 2.83. The Morgan fingerprint density at radius 3 is 2.77 bits per heavy atom. The Balaban J connectivity index is 1.90. The lowest BCUT2D eigenvalue weighted by Gasteiger charge is -2.15. The lowest BCUT2D eigenvalue weighted by atomic mass is 10.1. The summed E-state index contributed by atoms with van der Waals surface area (Å²) in [5, 5.41) is 0. The number of methoxy groups -OCH3 is 2. The number of rotatable bonds is 5. The first-order valence-corrected chi connectivity index (χ1v) is 7.06. The van der Waals surface area contributed by atoms with Gasteiger partial charge in [0.2, 0.25) is 5.91 Å². The average Bonchev–Trinajstić information content (AvgIpc) is 2.94. The largest absolute Gasteiger partial charge is 0.497 e. The van der Waals surface area contributed by atoms with E-state index in [0.717, 1.165) is 11.3 Å². The molecule has 0 spiro atoms. The minimum Gasteiger partial charge on any atom is -0.497 e. The van der Waals surface area contributed by atoms with Crippen molar-refractivity contribution in [3.8, 4) is 5.75 Å². The van der Waals surface area contributed by atoms with Crippen molar-refractivity contribution in [3.05, 3.63) is 29.8 Å². The summed E-state index contributed by atoms with van der Waals surface area (Å²) >= 11 is 0. The number of carbonyl (C=O) groups is 3. The third-order valence-corrected chi connectivity index (χ3v) is 3.74. The molecular formula is C16H19NO5. The van der Waals surface area contributed by atoms with E-state index in [2.05, 4.69) is 4.74 Å². The molecule has 118 valence electrons. The normalized spacial score (nSPS) is 17.5. The van der Waals surface area contributed by atoms with Gasteiger partial charge in [0, 0.05) is 13.0 Å². The zero-order valence-electron chi connectivity index (χ0n) is 12.7. The lowest BCUT2D eigenvalue weighted by Crippen LogP contribution is -2.30. The van der Waals surface area contributed by atoms with Crippen molar-refractivity contribution in [1.29, 1.82) is 0 Å². The molecule has 0 aromatic heterocycles. The lowest BCUT2D eigenvalue weighted by molar-refractivity contribution is -0.147. The maximum absolute atomic E-state index is 12.2. The number of benzene rings is 1. The number of esters is 1. The Hall–Kier alpha value is -2.37. The van der Waals surface area contributed by atoms with Crippen LogP contribution in [0.5, 0.6) is 5.75 Å². The molecule has 6 nitrogen and oxygen atoms in total. The average molecular weight is 305 g/mol. The van der Waals surface area contributed by atoms with Gasteiger partial charge in [-0.3, -0.25) is 14.4 Å². The molecule has 1 aliphatic rings. The number of Topliss-reactive ketones (excluding diaryl/α,β-unsaturated/α-hetero) is 1. The fraction of sp³-hybridized carbons (Fsp3) is 0.438. The maximum Gasteiger partial charge on any atom is 0.318 e. The van der Waals surface area contributed by atoms with Crippen molar-refractivity contribution in [2.24, 2.45) is 5.92 Å². The van der Waals surface area contributed by atoms with E-state index in [1.54, 1.807) is 7.11 Å². The Bertz CT molecular complexity index is 584. The van der Waals surface area contributed by atoms with Crippen molar-refractivity contribution >= 4 is 17.7 Å². The molecule has 1 unspecified atom stereocenters. The summed E-state index contributed by atoms with van der Waals surface area (Å²) in [6.07, 6.45) is 0.845. The molecule has 0 bridgehead atoms. The van der Waals surface area contributed by atoms with Gasteiger partial charge in [-0.05, 0) is 24.1 Å². The molecule has 0 N–H and O–H groups in total. The van der Waals surface area contributed by atoms with Gasteiger partial charge < -0.3 is 14.4 Å². The maximum atomic E-state index is 12.2. The second-order valence-electron chi connectivity index (χ2n) is 5.17. The Labute approximate surface area is 129 Å². The van der Waals surface area contributed by atoms with Crippen LogP contribution < -0.4 is 4.74 Å². The van der Waals surface area contributed by atoms with Gasteiger partial charge in [-0.25, -0.2) is 0 Å². The summed E-state index contributed by atoms with van der Waals surface area (Å²) in [6.45, 7) is 0.0964. The van der Waals surface area contributed by atoms with Crippen LogP contribution in [0, 0.1) is 5.92 Å². The van der Waals surface area contributed by atoms with Crippen LogP contribution >= 0.6 is 0 Å². The second kappa shape index (κ2) is 7.06. The standard InChI is InChI=1S/C16H19NO5/c1-21-12-5-3-4-11(8-12)6-7-15(19)17-9-13(14(18)10-17)16(20)22-2/h3-5,8,13H,6-7,9-10H2,1-2H3. The fourth-order valence-electron chi connectivity index (χ4n) is 2.46. The highest BCUT2D eigenvalue weighted by Crippen LogP contribution is 2.18. The second-order valence-corrected chi connectivity index (χ2v) is 5.17. The van der Waals surface area contributed by atoms with Crippen molar-refractivity contribution in [1.82, 2.24) is 4.90 Å². The molecule has 0 aliphatic carbocycles. The SMILES string of the molecule is COC(=O)C1CN(C(=O)CCc2cccc(OC)c2)CC1=O. The van der Waals surface area contributed by atoms with E-state index in [1.807, 2.05) is 24.3 Å². The van der Waals surface area contributed by atoms with Gasteiger partial charge in [0.1, 0.15) is 11.7 Å². The molecule has 1 heterocycles. The summed E-state index contributed by atoms with van der Waals surface area (Å²) in [5.41, 5.74) is 0.989. The predicted molar refractivity (Wildman–Crippen MR) is 78.4 cm³/mol. The highest BCUT2D eigenvalue weighted by molar-refractivity contribution is 6.03. The number of hydrogen-bond acceptors (Lipinski definition) is 5. The molecule has 1 atom stereocenters. The molecule has 0 radical (unpaired) electrons. The fourth-order valence-corrected chi connectivity index (χ4v) is 2.46. The van der Waals surface area contributed by atoms with Crippen LogP contribution in [0.3, 0.4) is 0 Å². The molecular weight excluding hydrogens is 286 g/mol. The van der Waals surface area contributed by atoms with Crippen LogP contribution in [-0.2, 0) is 25.5 Å². The van der Waals surface area contributed by atoms with Crippen LogP contribution in [0.4, 0.5) is 0 Å². The molecule has 1 aliphatic heterocycles. The number of nitrogens with zero attached hydrogens (tertiary/aromatic N) is 1. The predicted octanol–water partition coefficient (Wildman–Crippen LogP) is 0.828. The van der Waals surface area contributed by atoms with Crippen molar-refractivity contribution < 1.29 is 23.9 Å². The summed E-state index contributed by atoms with van der Waals surface area (Å²) in [5.74, 6) is -1.07. The van der Waals surface area contributed by atoms with Crippen LogP contribution in [0.2, 0.25) is 0 Å². The number of ketones is 1. The zero-order valence-corrected chi connectivity index (χ0v) is 12.7. The minimum absolute atomic E-state index is 0.0172. The molecule has 0 saturated carbocycles. The van der Waals surface area contributed by atoms with Gasteiger partial charge in [-0.2, -0.15) is 0 Å². The first-order valence-electron chi connectivity index (χ1n) is 7.06. The Morgan fingerprint density at radius 2 is 2.09 bits per heavy atom. The summed E-state index contributed by atoms with van der Waals surface area (Å²) in [6, 6.07) is 7.50. The van der Waals surface area contributed by atoms with E-state index in [1.165, 1.54) is 12.0 Å². The molecule has 22 heavy (non-hydrogen) atoms. The Morgan fingerprint density at radius 1 is 1.32 bits per heavy atom. The van der Waals surface area contributed by atoms with E-state index in [4.69, 9.17) is 4.74 Å². The van der Waals surface area contributed by atoms with Gasteiger partial charge in [-0.1, -0.05) is 12.1 Å². The minimum atomic E-state index is -0.842. The highest BCUT2D eigenvalue weighted by atomic mass is 16.5. The van der Waals surface area contributed by atoms with E-state index in [-0.39, 0.29) is 31.2 Å². The first kappa shape index (κ1) is 16.0. The molecule has 1 aromatic carbocycles. The van der Waals surface area contributed by atoms with Gasteiger partial charge >= 0.3 is 5.97 Å². The highest BCUT2D eigenvalue weighted by Gasteiger charge is 2.38. The molecule has 6 heteroatoms. The van der Waals surface area contributed by atoms with Gasteiger partial charge in [0.15, 0.2) is 5.78 Å². The number of likely N-dealkylation sites (tertiary alicyclic amines) is 1. The number of ether oxygens (including phenoxy) is 2. The molecule has 2 rings (SSSR count). The van der Waals surface area contributed by atoms with Gasteiger partial charge in [0.05, 0.1) is 20.8 Å². The molecule has 1 fully saturated rings. The summed E-state index contributed by atoms with van der Waals surface area (Å²) < 4.78 is 9.71. The van der Waals surface area contributed by atoms with Crippen molar-refractivity contribution in [2.45, 2.75) is 12.8 Å². The van der Waals surface area contributed by atoms with Crippen LogP contribution in [0.25, 0.3) is 0 Å². The molecule has 1 saturated heterocycles. The monoisotopic (exact) mass is 305 g/mol. The smallest absolute Gasteiger partial charge is 0.318 e. The van der Waals surface area contributed by atoms with Gasteiger partial charge in [-0.15, -0.1) is 0 Å². The van der Waals surface area contributed by atoms with Crippen molar-refractivity contribution in [3.63, 3.8) is 0 Å². The van der Waals surface area contributed by atoms with E-state index < -0.39 is 11.9 Å². The number of hydrogen-bond donors (Lipinski definition) is 0. The Kier molecular flexibility index (Phi) is 5.14. The molecule has 1 amide bonds. The first-order chi connectivity index (χ1) is 10.5. The van der Waals surface area contributed by atoms with Crippen LogP contribution in [0.1, 0.15) is 12.0 Å². The third kappa shape index (κ3) is 3.63. The topological polar surface area (TPSA) is 72.9 Å². The quantitative estimate of drug-likeness (QED) is 0.595. The van der Waals surface area contributed by atoms with E-state index in [9.17, 15) is 14.4 Å². The van der Waals surface area contributed by atoms with Crippen LogP contribution in [-0.4, -0.2) is 49.9 Å². The van der Waals surface area contributed by atoms with Gasteiger partial charge in [0.25, 0.3) is 0 Å². The number of carbonyl (C=O) groups excluding carboxylic acids is 3. The number of aryl methyl sites for hydroxylation is 1. The molecule has 1 aromatic rings. The number of amides is 1. The van der Waals surface area contributed by atoms with E-state index in [0.29, 0.717) is 6.42 Å².